The smallest absolute Gasteiger partial charge is 0.410 e. The Hall–Kier alpha value is -1.87. The monoisotopic (exact) mass is 463 g/mol. The highest BCUT2D eigenvalue weighted by Gasteiger charge is 2.26. The normalized spacial score (nSPS) is 15.5. The van der Waals surface area contributed by atoms with Crippen molar-refractivity contribution >= 4 is 33.4 Å². The van der Waals surface area contributed by atoms with Crippen LogP contribution in [0.25, 0.3) is 0 Å². The molecular weight excluding hydrogens is 430 g/mol. The Morgan fingerprint density at radius 2 is 1.86 bits per heavy atom. The van der Waals surface area contributed by atoms with Crippen LogP contribution in [0.4, 0.5) is 16.2 Å². The van der Waals surface area contributed by atoms with Crippen molar-refractivity contribution in [3.8, 4) is 11.8 Å². The van der Waals surface area contributed by atoms with Crippen LogP contribution in [-0.2, 0) is 4.74 Å². The first-order valence-corrected chi connectivity index (χ1v) is 11.0. The van der Waals surface area contributed by atoms with E-state index < -0.39 is 5.60 Å². The van der Waals surface area contributed by atoms with Gasteiger partial charge in [0.2, 0.25) is 0 Å². The summed E-state index contributed by atoms with van der Waals surface area (Å²) in [7, 11) is 0. The Bertz CT molecular complexity index is 789. The van der Waals surface area contributed by atoms with Gasteiger partial charge in [-0.15, -0.1) is 0 Å². The molecule has 0 aromatic heterocycles. The maximum atomic E-state index is 12.2. The second kappa shape index (κ2) is 9.30. The highest BCUT2D eigenvalue weighted by atomic mass is 79.9. The molecule has 1 amide bonds. The number of benzene rings is 1. The van der Waals surface area contributed by atoms with Gasteiger partial charge in [-0.05, 0) is 67.1 Å². The maximum absolute atomic E-state index is 12.2. The zero-order valence-corrected chi connectivity index (χ0v) is 20.1. The van der Waals surface area contributed by atoms with Crippen LogP contribution in [0, 0.1) is 23.2 Å². The third kappa shape index (κ3) is 7.47. The summed E-state index contributed by atoms with van der Waals surface area (Å²) < 4.78 is 6.28. The number of hydrogen-bond donors (Lipinski definition) is 2. The van der Waals surface area contributed by atoms with Gasteiger partial charge in [-0.1, -0.05) is 32.6 Å². The number of carbonyl (C=O) groups excluding carboxylic acids is 1. The van der Waals surface area contributed by atoms with Crippen molar-refractivity contribution < 1.29 is 9.53 Å². The lowest BCUT2D eigenvalue weighted by atomic mass is 9.96. The molecule has 1 fully saturated rings. The molecule has 3 N–H and O–H groups in total. The number of ether oxygens (including phenoxy) is 1. The molecular formula is C23H34BrN3O2. The molecule has 1 aromatic carbocycles. The van der Waals surface area contributed by atoms with Crippen LogP contribution >= 0.6 is 15.9 Å². The molecule has 0 radical (unpaired) electrons. The van der Waals surface area contributed by atoms with Crippen LogP contribution in [0.2, 0.25) is 0 Å². The second-order valence-corrected chi connectivity index (χ2v) is 10.6. The molecule has 0 bridgehead atoms. The van der Waals surface area contributed by atoms with Gasteiger partial charge in [-0.25, -0.2) is 4.79 Å². The van der Waals surface area contributed by atoms with Crippen molar-refractivity contribution in [3.63, 3.8) is 0 Å². The number of anilines is 2. The van der Waals surface area contributed by atoms with Crippen LogP contribution in [0.5, 0.6) is 0 Å². The highest BCUT2D eigenvalue weighted by Crippen LogP contribution is 2.32. The minimum absolute atomic E-state index is 0.172. The average Bonchev–Trinajstić information content (AvgIpc) is 2.60. The first-order valence-electron chi connectivity index (χ1n) is 10.2. The maximum Gasteiger partial charge on any atom is 0.410 e. The summed E-state index contributed by atoms with van der Waals surface area (Å²) in [6.45, 7) is 14.4. The van der Waals surface area contributed by atoms with E-state index in [2.05, 4.69) is 53.9 Å². The van der Waals surface area contributed by atoms with E-state index in [9.17, 15) is 4.79 Å². The van der Waals surface area contributed by atoms with Crippen molar-refractivity contribution in [1.82, 2.24) is 4.90 Å². The first kappa shape index (κ1) is 23.4. The number of hydrogen-bond acceptors (Lipinski definition) is 4. The van der Waals surface area contributed by atoms with E-state index >= 15 is 0 Å². The Labute approximate surface area is 183 Å². The van der Waals surface area contributed by atoms with Crippen LogP contribution in [0.1, 0.15) is 59.9 Å². The van der Waals surface area contributed by atoms with Crippen LogP contribution < -0.4 is 11.1 Å². The van der Waals surface area contributed by atoms with E-state index in [1.165, 1.54) is 0 Å². The van der Waals surface area contributed by atoms with Crippen molar-refractivity contribution in [3.05, 3.63) is 22.2 Å². The summed E-state index contributed by atoms with van der Waals surface area (Å²) in [5.41, 5.74) is 8.48. The molecule has 2 rings (SSSR count). The summed E-state index contributed by atoms with van der Waals surface area (Å²) in [5, 5.41) is 3.41. The number of nitrogens with two attached hydrogens (primary N) is 1. The van der Waals surface area contributed by atoms with Crippen LogP contribution in [-0.4, -0.2) is 36.2 Å². The van der Waals surface area contributed by atoms with Crippen molar-refractivity contribution in [2.45, 2.75) is 60.0 Å². The van der Waals surface area contributed by atoms with Gasteiger partial charge in [-0.3, -0.25) is 0 Å². The van der Waals surface area contributed by atoms with Crippen molar-refractivity contribution in [2.24, 2.45) is 11.3 Å². The number of carbonyl (C=O) groups is 1. The van der Waals surface area contributed by atoms with Crippen LogP contribution in [0.15, 0.2) is 16.6 Å². The van der Waals surface area contributed by atoms with E-state index in [4.69, 9.17) is 10.5 Å². The summed E-state index contributed by atoms with van der Waals surface area (Å²) in [4.78, 5) is 13.9. The second-order valence-electron chi connectivity index (χ2n) is 9.81. The van der Waals surface area contributed by atoms with Gasteiger partial charge in [0.25, 0.3) is 0 Å². The summed E-state index contributed by atoms with van der Waals surface area (Å²) in [6.07, 6.45) is 1.47. The van der Waals surface area contributed by atoms with E-state index in [0.717, 1.165) is 35.1 Å². The lowest BCUT2D eigenvalue weighted by Gasteiger charge is -2.31. The number of nitrogens with zero attached hydrogens (tertiary/aromatic N) is 1. The molecule has 0 atom stereocenters. The van der Waals surface area contributed by atoms with Gasteiger partial charge in [0.05, 0.1) is 15.8 Å². The largest absolute Gasteiger partial charge is 0.444 e. The topological polar surface area (TPSA) is 67.6 Å². The van der Waals surface area contributed by atoms with E-state index in [0.29, 0.717) is 18.8 Å². The van der Waals surface area contributed by atoms with Gasteiger partial charge in [0.1, 0.15) is 5.60 Å². The molecule has 1 aliphatic rings. The molecule has 160 valence electrons. The van der Waals surface area contributed by atoms with Gasteiger partial charge >= 0.3 is 6.09 Å². The van der Waals surface area contributed by atoms with E-state index in [1.807, 2.05) is 32.9 Å². The van der Waals surface area contributed by atoms with E-state index in [-0.39, 0.29) is 17.4 Å². The molecule has 5 nitrogen and oxygen atoms in total. The molecule has 1 aromatic rings. The number of rotatable bonds is 2. The Morgan fingerprint density at radius 3 is 2.41 bits per heavy atom. The summed E-state index contributed by atoms with van der Waals surface area (Å²) in [5.74, 6) is 6.88. The fourth-order valence-electron chi connectivity index (χ4n) is 2.92. The highest BCUT2D eigenvalue weighted by molar-refractivity contribution is 9.10. The third-order valence-electron chi connectivity index (χ3n) is 4.55. The number of likely N-dealkylation sites (tertiary alicyclic amines) is 1. The third-order valence-corrected chi connectivity index (χ3v) is 5.40. The number of amides is 1. The molecule has 0 saturated carbocycles. The summed E-state index contributed by atoms with van der Waals surface area (Å²) >= 11 is 3.60. The zero-order valence-electron chi connectivity index (χ0n) is 18.5. The fraction of sp³-hybridized carbons (Fsp3) is 0.609. The lowest BCUT2D eigenvalue weighted by Crippen LogP contribution is -2.41. The number of nitrogen functional groups attached to an aromatic ring is 1. The Morgan fingerprint density at radius 1 is 1.24 bits per heavy atom. The molecule has 0 aliphatic carbocycles. The minimum Gasteiger partial charge on any atom is -0.444 e. The lowest BCUT2D eigenvalue weighted by molar-refractivity contribution is 0.0199. The van der Waals surface area contributed by atoms with Gasteiger partial charge in [-0.2, -0.15) is 0 Å². The molecule has 6 heteroatoms. The first-order chi connectivity index (χ1) is 13.4. The standard InChI is InChI=1S/C23H34BrN3O2/c1-22(2,3)15-26-18-10-9-17(19(24)20(18)25)8-7-16-11-13-27(14-12-16)21(28)29-23(4,5)6/h9-10,16,26H,11-15,25H2,1-6H3. The SMILES string of the molecule is CC(C)(C)CNc1ccc(C#CC2CCN(C(=O)OC(C)(C)C)CC2)c(Br)c1N. The molecule has 1 aliphatic heterocycles. The van der Waals surface area contributed by atoms with Crippen LogP contribution in [0.3, 0.4) is 0 Å². The number of halogens is 1. The van der Waals surface area contributed by atoms with Crippen molar-refractivity contribution in [2.75, 3.05) is 30.7 Å². The minimum atomic E-state index is -0.464. The van der Waals surface area contributed by atoms with Gasteiger partial charge < -0.3 is 20.7 Å². The predicted molar refractivity (Wildman–Crippen MR) is 124 cm³/mol. The quantitative estimate of drug-likeness (QED) is 0.449. The zero-order chi connectivity index (χ0) is 21.8. The molecule has 0 spiro atoms. The molecule has 0 unspecified atom stereocenters. The number of nitrogens with one attached hydrogen (secondary N) is 1. The predicted octanol–water partition coefficient (Wildman–Crippen LogP) is 5.49. The molecule has 1 heterocycles. The Kier molecular flexibility index (Phi) is 7.50. The van der Waals surface area contributed by atoms with E-state index in [1.54, 1.807) is 4.90 Å². The summed E-state index contributed by atoms with van der Waals surface area (Å²) in [6, 6.07) is 3.98. The Balaban J connectivity index is 1.97. The van der Waals surface area contributed by atoms with Gasteiger partial charge in [0.15, 0.2) is 0 Å². The fourth-order valence-corrected chi connectivity index (χ4v) is 3.36. The molecule has 1 saturated heterocycles. The average molecular weight is 464 g/mol. The molecule has 29 heavy (non-hydrogen) atoms. The van der Waals surface area contributed by atoms with Crippen molar-refractivity contribution in [1.29, 1.82) is 0 Å². The van der Waals surface area contributed by atoms with Gasteiger partial charge in [0, 0.05) is 31.1 Å². The number of piperidine rings is 1.